The Morgan fingerprint density at radius 2 is 1.54 bits per heavy atom. The number of hydrogen-bond donors (Lipinski definition) is 0. The number of benzene rings is 2. The van der Waals surface area contributed by atoms with Crippen molar-refractivity contribution in [1.82, 2.24) is 0 Å². The molecule has 1 saturated heterocycles. The molecule has 0 saturated carbocycles. The van der Waals surface area contributed by atoms with Crippen LogP contribution < -0.4 is 9.34 Å². The van der Waals surface area contributed by atoms with Gasteiger partial charge in [-0.25, -0.2) is 0 Å². The van der Waals surface area contributed by atoms with Gasteiger partial charge in [0.2, 0.25) is 0 Å². The van der Waals surface area contributed by atoms with Gasteiger partial charge in [-0.05, 0) is 37.6 Å². The lowest BCUT2D eigenvalue weighted by molar-refractivity contribution is 0.552. The second-order valence-electron chi connectivity index (χ2n) is 6.32. The quantitative estimate of drug-likeness (QED) is 0.522. The lowest BCUT2D eigenvalue weighted by atomic mass is 10.3. The van der Waals surface area contributed by atoms with Crippen LogP contribution in [0, 0.1) is 11.3 Å². The average molecular weight is 365 g/mol. The second kappa shape index (κ2) is 8.25. The highest BCUT2D eigenvalue weighted by molar-refractivity contribution is 7.68. The predicted molar refractivity (Wildman–Crippen MR) is 109 cm³/mol. The molecule has 3 rings (SSSR count). The Bertz CT molecular complexity index is 778. The van der Waals surface area contributed by atoms with Crippen LogP contribution in [0.4, 0.5) is 11.4 Å². The van der Waals surface area contributed by atoms with E-state index in [1.54, 1.807) is 0 Å². The summed E-state index contributed by atoms with van der Waals surface area (Å²) >= 11 is 0. The van der Waals surface area contributed by atoms with Crippen molar-refractivity contribution in [1.29, 1.82) is 5.26 Å². The lowest BCUT2D eigenvalue weighted by Crippen LogP contribution is -2.43. The van der Waals surface area contributed by atoms with Gasteiger partial charge in [-0.3, -0.25) is 4.57 Å². The molecule has 1 fully saturated rings. The van der Waals surface area contributed by atoms with E-state index in [1.807, 2.05) is 89.1 Å². The van der Waals surface area contributed by atoms with Crippen molar-refractivity contribution in [3.8, 4) is 6.07 Å². The van der Waals surface area contributed by atoms with Crippen molar-refractivity contribution >= 4 is 18.8 Å². The summed E-state index contributed by atoms with van der Waals surface area (Å²) in [5, 5.41) is 9.38. The van der Waals surface area contributed by atoms with Gasteiger partial charge in [0.05, 0.1) is 18.1 Å². The highest BCUT2D eigenvalue weighted by Gasteiger charge is 2.45. The minimum Gasteiger partial charge on any atom is -0.306 e. The van der Waals surface area contributed by atoms with Crippen LogP contribution in [0.1, 0.15) is 19.8 Å². The third kappa shape index (κ3) is 3.41. The van der Waals surface area contributed by atoms with E-state index in [2.05, 4.69) is 6.07 Å². The molecule has 0 amide bonds. The molecule has 1 atom stereocenters. The van der Waals surface area contributed by atoms with Crippen molar-refractivity contribution in [2.45, 2.75) is 25.4 Å². The Kier molecular flexibility index (Phi) is 5.81. The molecule has 2 aromatic carbocycles. The maximum Gasteiger partial charge on any atom is 0.270 e. The van der Waals surface area contributed by atoms with Gasteiger partial charge in [-0.15, -0.1) is 0 Å². The van der Waals surface area contributed by atoms with Crippen LogP contribution in [0.2, 0.25) is 0 Å². The smallest absolute Gasteiger partial charge is 0.270 e. The fraction of sp³-hybridized carbons (Fsp3) is 0.286. The van der Waals surface area contributed by atoms with E-state index in [4.69, 9.17) is 0 Å². The fourth-order valence-corrected chi connectivity index (χ4v) is 7.03. The summed E-state index contributed by atoms with van der Waals surface area (Å²) in [6.45, 7) is 3.37. The molecule has 1 aliphatic heterocycles. The third-order valence-electron chi connectivity index (χ3n) is 4.69. The molecule has 0 radical (unpaired) electrons. The third-order valence-corrected chi connectivity index (χ3v) is 8.15. The molecule has 1 unspecified atom stereocenters. The summed E-state index contributed by atoms with van der Waals surface area (Å²) in [5.41, 5.74) is 1.56. The molecule has 1 heterocycles. The zero-order chi connectivity index (χ0) is 18.4. The molecule has 5 heteroatoms. The van der Waals surface area contributed by atoms with Crippen molar-refractivity contribution in [3.63, 3.8) is 0 Å². The SMILES string of the molecule is C/C=C/C(CC#N)P1(=O)N(c2ccccc2)CCCN1c1ccccc1. The van der Waals surface area contributed by atoms with Gasteiger partial charge in [-0.1, -0.05) is 48.6 Å². The first kappa shape index (κ1) is 18.3. The molecule has 0 bridgehead atoms. The van der Waals surface area contributed by atoms with Crippen LogP contribution >= 0.6 is 7.44 Å². The first-order valence-electron chi connectivity index (χ1n) is 8.97. The molecular weight excluding hydrogens is 341 g/mol. The van der Waals surface area contributed by atoms with E-state index in [0.29, 0.717) is 0 Å². The number of hydrogen-bond acceptors (Lipinski definition) is 2. The van der Waals surface area contributed by atoms with Gasteiger partial charge in [0.1, 0.15) is 0 Å². The van der Waals surface area contributed by atoms with E-state index in [9.17, 15) is 9.83 Å². The van der Waals surface area contributed by atoms with Crippen LogP contribution in [0.3, 0.4) is 0 Å². The molecule has 26 heavy (non-hydrogen) atoms. The van der Waals surface area contributed by atoms with Gasteiger partial charge in [0.25, 0.3) is 7.44 Å². The number of allylic oxidation sites excluding steroid dienone is 2. The van der Waals surface area contributed by atoms with E-state index >= 15 is 0 Å². The van der Waals surface area contributed by atoms with Gasteiger partial charge in [0, 0.05) is 24.5 Å². The number of nitriles is 1. The first-order valence-corrected chi connectivity index (χ1v) is 10.7. The standard InChI is InChI=1S/C21H24N3OP/c1-2-10-21(15-16-22)26(25)23(19-11-5-3-6-12-19)17-9-18-24(26)20-13-7-4-8-14-20/h2-8,10-14,21H,9,15,17-18H2,1H3/b10-2+. The number of rotatable bonds is 5. The highest BCUT2D eigenvalue weighted by atomic mass is 31.2. The summed E-state index contributed by atoms with van der Waals surface area (Å²) in [6.07, 6.45) is 4.99. The van der Waals surface area contributed by atoms with Gasteiger partial charge in [0.15, 0.2) is 0 Å². The molecule has 0 aromatic heterocycles. The van der Waals surface area contributed by atoms with Crippen molar-refractivity contribution in [2.24, 2.45) is 0 Å². The number of para-hydroxylation sites is 2. The number of nitrogens with zero attached hydrogens (tertiary/aromatic N) is 3. The summed E-state index contributed by atoms with van der Waals surface area (Å²) < 4.78 is 18.7. The van der Waals surface area contributed by atoms with Crippen LogP contribution in [0.15, 0.2) is 72.8 Å². The Morgan fingerprint density at radius 1 is 1.04 bits per heavy atom. The summed E-state index contributed by atoms with van der Waals surface area (Å²) in [7, 11) is -3.06. The van der Waals surface area contributed by atoms with E-state index in [1.165, 1.54) is 0 Å². The van der Waals surface area contributed by atoms with E-state index in [-0.39, 0.29) is 12.1 Å². The van der Waals surface area contributed by atoms with Crippen LogP contribution in [0.5, 0.6) is 0 Å². The Hall–Kier alpha value is -2.50. The van der Waals surface area contributed by atoms with Crippen LogP contribution in [-0.2, 0) is 4.57 Å². The summed E-state index contributed by atoms with van der Waals surface area (Å²) in [5.74, 6) is 0. The van der Waals surface area contributed by atoms with Crippen LogP contribution in [0.25, 0.3) is 0 Å². The second-order valence-corrected chi connectivity index (χ2v) is 9.12. The fourth-order valence-electron chi connectivity index (χ4n) is 3.55. The minimum atomic E-state index is -3.06. The van der Waals surface area contributed by atoms with E-state index < -0.39 is 7.44 Å². The molecule has 4 nitrogen and oxygen atoms in total. The molecular formula is C21H24N3OP. The Labute approximate surface area is 155 Å². The van der Waals surface area contributed by atoms with Crippen LogP contribution in [-0.4, -0.2) is 18.7 Å². The van der Waals surface area contributed by atoms with Gasteiger partial charge in [-0.2, -0.15) is 5.26 Å². The molecule has 1 aliphatic rings. The first-order chi connectivity index (χ1) is 12.7. The monoisotopic (exact) mass is 365 g/mol. The summed E-state index contributed by atoms with van der Waals surface area (Å²) in [4.78, 5) is 0. The lowest BCUT2D eigenvalue weighted by Gasteiger charge is -2.48. The zero-order valence-electron chi connectivity index (χ0n) is 15.0. The Morgan fingerprint density at radius 3 is 1.96 bits per heavy atom. The molecule has 0 N–H and O–H groups in total. The molecule has 0 spiro atoms. The maximum absolute atomic E-state index is 14.6. The van der Waals surface area contributed by atoms with Crippen molar-refractivity contribution in [2.75, 3.05) is 22.4 Å². The van der Waals surface area contributed by atoms with Crippen molar-refractivity contribution < 1.29 is 4.57 Å². The van der Waals surface area contributed by atoms with Gasteiger partial charge >= 0.3 is 0 Å². The van der Waals surface area contributed by atoms with Crippen molar-refractivity contribution in [3.05, 3.63) is 72.8 Å². The maximum atomic E-state index is 14.6. The predicted octanol–water partition coefficient (Wildman–Crippen LogP) is 5.45. The number of anilines is 2. The molecule has 134 valence electrons. The molecule has 0 aliphatic carbocycles. The Balaban J connectivity index is 2.15. The largest absolute Gasteiger partial charge is 0.306 e. The van der Waals surface area contributed by atoms with E-state index in [0.717, 1.165) is 30.9 Å². The summed E-state index contributed by atoms with van der Waals surface area (Å²) in [6, 6.07) is 22.0. The van der Waals surface area contributed by atoms with Gasteiger partial charge < -0.3 is 9.34 Å². The molecule has 2 aromatic rings. The average Bonchev–Trinajstić information content (AvgIpc) is 2.69. The zero-order valence-corrected chi connectivity index (χ0v) is 15.9. The minimum absolute atomic E-state index is 0.230. The normalized spacial score (nSPS) is 17.8. The highest BCUT2D eigenvalue weighted by Crippen LogP contribution is 2.63. The topological polar surface area (TPSA) is 47.3 Å².